The molecule has 0 aromatic heterocycles. The summed E-state index contributed by atoms with van der Waals surface area (Å²) in [6.07, 6.45) is 0. The molecule has 0 spiro atoms. The Morgan fingerprint density at radius 2 is 1.35 bits per heavy atom. The standard InChI is InChI=1S/C23H24N2O6/c1-28-17-6-4-15(5-7-17)20-21(24-8-10-31-11-9-24)23(27)25(22(20)26)16-12-18(29-2)14-19(13-16)30-3/h4-7,12-14H,8-11H2,1-3H3. The number of rotatable bonds is 6. The number of ether oxygens (including phenoxy) is 4. The number of hydrogen-bond acceptors (Lipinski definition) is 7. The zero-order valence-corrected chi connectivity index (χ0v) is 17.7. The van der Waals surface area contributed by atoms with Crippen LogP contribution < -0.4 is 19.1 Å². The van der Waals surface area contributed by atoms with Gasteiger partial charge in [0.05, 0.1) is 45.8 Å². The van der Waals surface area contributed by atoms with Crippen LogP contribution >= 0.6 is 0 Å². The highest BCUT2D eigenvalue weighted by molar-refractivity contribution is 6.45. The number of benzene rings is 2. The van der Waals surface area contributed by atoms with Crippen molar-refractivity contribution in [2.24, 2.45) is 0 Å². The second kappa shape index (κ2) is 8.69. The van der Waals surface area contributed by atoms with E-state index in [0.717, 1.165) is 0 Å². The molecular formula is C23H24N2O6. The third-order valence-corrected chi connectivity index (χ3v) is 5.36. The van der Waals surface area contributed by atoms with Gasteiger partial charge in [-0.3, -0.25) is 9.59 Å². The normalized spacial score (nSPS) is 16.7. The minimum Gasteiger partial charge on any atom is -0.497 e. The van der Waals surface area contributed by atoms with Crippen molar-refractivity contribution in [2.75, 3.05) is 52.5 Å². The van der Waals surface area contributed by atoms with Crippen LogP contribution in [0.5, 0.6) is 17.2 Å². The first-order valence-electron chi connectivity index (χ1n) is 9.90. The van der Waals surface area contributed by atoms with Crippen molar-refractivity contribution < 1.29 is 28.5 Å². The first-order valence-corrected chi connectivity index (χ1v) is 9.90. The van der Waals surface area contributed by atoms with Crippen LogP contribution in [0.15, 0.2) is 48.2 Å². The molecule has 0 atom stereocenters. The number of methoxy groups -OCH3 is 3. The Labute approximate surface area is 180 Å². The maximum absolute atomic E-state index is 13.6. The average Bonchev–Trinajstić information content (AvgIpc) is 3.09. The van der Waals surface area contributed by atoms with Gasteiger partial charge in [-0.05, 0) is 17.7 Å². The number of anilines is 1. The van der Waals surface area contributed by atoms with Gasteiger partial charge in [0.1, 0.15) is 22.9 Å². The van der Waals surface area contributed by atoms with Crippen LogP contribution in [0.25, 0.3) is 5.57 Å². The number of hydrogen-bond donors (Lipinski definition) is 0. The molecule has 8 nitrogen and oxygen atoms in total. The summed E-state index contributed by atoms with van der Waals surface area (Å²) in [5.41, 5.74) is 1.77. The summed E-state index contributed by atoms with van der Waals surface area (Å²) in [6, 6.07) is 12.1. The molecule has 2 aromatic rings. The van der Waals surface area contributed by atoms with Crippen LogP contribution in [0.2, 0.25) is 0 Å². The van der Waals surface area contributed by atoms with Crippen molar-refractivity contribution in [1.82, 2.24) is 4.90 Å². The van der Waals surface area contributed by atoms with E-state index >= 15 is 0 Å². The van der Waals surface area contributed by atoms with E-state index in [4.69, 9.17) is 18.9 Å². The highest BCUT2D eigenvalue weighted by atomic mass is 16.5. The van der Waals surface area contributed by atoms with Gasteiger partial charge in [-0.25, -0.2) is 4.90 Å². The zero-order valence-electron chi connectivity index (χ0n) is 17.7. The van der Waals surface area contributed by atoms with E-state index < -0.39 is 5.91 Å². The van der Waals surface area contributed by atoms with Crippen molar-refractivity contribution in [1.29, 1.82) is 0 Å². The first kappa shape index (κ1) is 20.7. The number of carbonyl (C=O) groups excluding carboxylic acids is 2. The summed E-state index contributed by atoms with van der Waals surface area (Å²) in [4.78, 5) is 30.3. The molecule has 2 heterocycles. The molecule has 0 saturated carbocycles. The summed E-state index contributed by atoms with van der Waals surface area (Å²) in [5.74, 6) is 0.866. The van der Waals surface area contributed by atoms with E-state index in [9.17, 15) is 9.59 Å². The molecule has 2 aliphatic rings. The monoisotopic (exact) mass is 424 g/mol. The van der Waals surface area contributed by atoms with Crippen molar-refractivity contribution in [3.8, 4) is 17.2 Å². The highest BCUT2D eigenvalue weighted by Crippen LogP contribution is 2.38. The highest BCUT2D eigenvalue weighted by Gasteiger charge is 2.43. The molecule has 0 radical (unpaired) electrons. The lowest BCUT2D eigenvalue weighted by atomic mass is 10.0. The molecule has 162 valence electrons. The van der Waals surface area contributed by atoms with Gasteiger partial charge in [0.25, 0.3) is 11.8 Å². The Bertz CT molecular complexity index is 1000. The third-order valence-electron chi connectivity index (χ3n) is 5.36. The summed E-state index contributed by atoms with van der Waals surface area (Å²) in [6.45, 7) is 2.05. The molecule has 2 aromatic carbocycles. The molecule has 0 N–H and O–H groups in total. The number of nitrogens with zero attached hydrogens (tertiary/aromatic N) is 2. The van der Waals surface area contributed by atoms with Crippen LogP contribution in [0.3, 0.4) is 0 Å². The van der Waals surface area contributed by atoms with Gasteiger partial charge in [0.2, 0.25) is 0 Å². The van der Waals surface area contributed by atoms with Gasteiger partial charge >= 0.3 is 0 Å². The largest absolute Gasteiger partial charge is 0.497 e. The van der Waals surface area contributed by atoms with E-state index in [1.807, 2.05) is 4.90 Å². The molecule has 2 aliphatic heterocycles. The summed E-state index contributed by atoms with van der Waals surface area (Å²) < 4.78 is 21.3. The zero-order chi connectivity index (χ0) is 22.0. The predicted octanol–water partition coefficient (Wildman–Crippen LogP) is 2.33. The topological polar surface area (TPSA) is 77.5 Å². The predicted molar refractivity (Wildman–Crippen MR) is 114 cm³/mol. The van der Waals surface area contributed by atoms with Gasteiger partial charge in [0.15, 0.2) is 0 Å². The average molecular weight is 424 g/mol. The molecular weight excluding hydrogens is 400 g/mol. The molecule has 2 amide bonds. The molecule has 0 unspecified atom stereocenters. The van der Waals surface area contributed by atoms with Crippen molar-refractivity contribution in [3.05, 3.63) is 53.7 Å². The number of amides is 2. The smallest absolute Gasteiger partial charge is 0.282 e. The summed E-state index contributed by atoms with van der Waals surface area (Å²) in [5, 5.41) is 0. The molecule has 0 bridgehead atoms. The summed E-state index contributed by atoms with van der Waals surface area (Å²) >= 11 is 0. The maximum Gasteiger partial charge on any atom is 0.282 e. The van der Waals surface area contributed by atoms with Crippen molar-refractivity contribution >= 4 is 23.1 Å². The second-order valence-electron chi connectivity index (χ2n) is 7.07. The van der Waals surface area contributed by atoms with Gasteiger partial charge in [-0.15, -0.1) is 0 Å². The van der Waals surface area contributed by atoms with E-state index in [1.54, 1.807) is 49.6 Å². The lowest BCUT2D eigenvalue weighted by molar-refractivity contribution is -0.121. The summed E-state index contributed by atoms with van der Waals surface area (Å²) in [7, 11) is 4.62. The number of morpholine rings is 1. The third kappa shape index (κ3) is 3.82. The Kier molecular flexibility index (Phi) is 5.81. The van der Waals surface area contributed by atoms with Crippen molar-refractivity contribution in [2.45, 2.75) is 0 Å². The minimum atomic E-state index is -0.396. The van der Waals surface area contributed by atoms with Gasteiger partial charge < -0.3 is 23.8 Å². The van der Waals surface area contributed by atoms with E-state index in [0.29, 0.717) is 66.1 Å². The van der Waals surface area contributed by atoms with Crippen LogP contribution in [0, 0.1) is 0 Å². The quantitative estimate of drug-likeness (QED) is 0.659. The molecule has 0 aliphatic carbocycles. The van der Waals surface area contributed by atoms with E-state index in [1.165, 1.54) is 19.1 Å². The first-order chi connectivity index (χ1) is 15.1. The van der Waals surface area contributed by atoms with Gasteiger partial charge in [-0.1, -0.05) is 12.1 Å². The van der Waals surface area contributed by atoms with Crippen LogP contribution in [0.1, 0.15) is 5.56 Å². The lowest BCUT2D eigenvalue weighted by Gasteiger charge is -2.29. The van der Waals surface area contributed by atoms with Crippen LogP contribution in [0.4, 0.5) is 5.69 Å². The SMILES string of the molecule is COc1ccc(C2=C(N3CCOCC3)C(=O)N(c3cc(OC)cc(OC)c3)C2=O)cc1. The molecule has 4 rings (SSSR count). The van der Waals surface area contributed by atoms with E-state index in [2.05, 4.69) is 0 Å². The Balaban J connectivity index is 1.82. The minimum absolute atomic E-state index is 0.358. The number of imide groups is 1. The Hall–Kier alpha value is -3.52. The number of carbonyl (C=O) groups is 2. The fourth-order valence-electron chi connectivity index (χ4n) is 3.77. The fourth-order valence-corrected chi connectivity index (χ4v) is 3.77. The molecule has 8 heteroatoms. The molecule has 1 saturated heterocycles. The van der Waals surface area contributed by atoms with Crippen LogP contribution in [-0.2, 0) is 14.3 Å². The van der Waals surface area contributed by atoms with Crippen LogP contribution in [-0.4, -0.2) is 64.3 Å². The maximum atomic E-state index is 13.6. The Morgan fingerprint density at radius 3 is 1.90 bits per heavy atom. The second-order valence-corrected chi connectivity index (χ2v) is 7.07. The van der Waals surface area contributed by atoms with Gasteiger partial charge in [0, 0.05) is 31.3 Å². The fraction of sp³-hybridized carbons (Fsp3) is 0.304. The molecule has 1 fully saturated rings. The van der Waals surface area contributed by atoms with Gasteiger partial charge in [-0.2, -0.15) is 0 Å². The van der Waals surface area contributed by atoms with Crippen molar-refractivity contribution in [3.63, 3.8) is 0 Å². The molecule has 31 heavy (non-hydrogen) atoms. The lowest BCUT2D eigenvalue weighted by Crippen LogP contribution is -2.40. The van der Waals surface area contributed by atoms with E-state index in [-0.39, 0.29) is 5.91 Å². The Morgan fingerprint density at radius 1 is 0.774 bits per heavy atom.